The number of hydrogen-bond acceptors (Lipinski definition) is 7. The lowest BCUT2D eigenvalue weighted by atomic mass is 10.0. The number of carbonyl (C=O) groups excluding carboxylic acids is 4. The number of aliphatic hydroxyl groups excluding tert-OH is 1. The molecule has 2 rings (SSSR count). The van der Waals surface area contributed by atoms with E-state index in [0.29, 0.717) is 11.0 Å². The first-order valence-corrected chi connectivity index (χ1v) is 11.0. The van der Waals surface area contributed by atoms with Crippen molar-refractivity contribution in [2.24, 2.45) is 11.7 Å². The summed E-state index contributed by atoms with van der Waals surface area (Å²) in [4.78, 5) is 61.1. The highest BCUT2D eigenvalue weighted by molar-refractivity contribution is 6.00. The van der Waals surface area contributed by atoms with Crippen LogP contribution >= 0.6 is 0 Å². The van der Waals surface area contributed by atoms with Crippen molar-refractivity contribution in [2.75, 3.05) is 0 Å². The highest BCUT2D eigenvalue weighted by Gasteiger charge is 2.32. The highest BCUT2D eigenvalue weighted by Crippen LogP contribution is 2.19. The second-order valence-electron chi connectivity index (χ2n) is 8.59. The largest absolute Gasteiger partial charge is 0.481 e. The number of aliphatic hydroxyl groups is 1. The van der Waals surface area contributed by atoms with Crippen molar-refractivity contribution in [3.05, 3.63) is 36.1 Å². The van der Waals surface area contributed by atoms with Gasteiger partial charge < -0.3 is 36.3 Å². The van der Waals surface area contributed by atoms with Crippen LogP contribution in [-0.2, 0) is 19.2 Å². The predicted molar refractivity (Wildman–Crippen MR) is 124 cm³/mol. The molecule has 35 heavy (non-hydrogen) atoms. The van der Waals surface area contributed by atoms with Crippen LogP contribution in [0.4, 0.5) is 0 Å². The van der Waals surface area contributed by atoms with Crippen LogP contribution in [0.2, 0.25) is 0 Å². The molecular formula is C23H30N4O8. The number of furan rings is 1. The lowest BCUT2D eigenvalue weighted by Crippen LogP contribution is -2.58. The Hall–Kier alpha value is -3.93. The molecule has 0 aliphatic rings. The fourth-order valence-corrected chi connectivity index (χ4v) is 3.37. The number of amides is 4. The van der Waals surface area contributed by atoms with Crippen LogP contribution in [0, 0.1) is 5.92 Å². The van der Waals surface area contributed by atoms with Gasteiger partial charge in [-0.3, -0.25) is 24.0 Å². The zero-order valence-corrected chi connectivity index (χ0v) is 19.6. The number of carboxylic acids is 1. The molecule has 4 amide bonds. The van der Waals surface area contributed by atoms with Crippen molar-refractivity contribution >= 4 is 40.6 Å². The van der Waals surface area contributed by atoms with E-state index in [4.69, 9.17) is 10.2 Å². The van der Waals surface area contributed by atoms with E-state index < -0.39 is 60.2 Å². The number of carboxylic acid groups (broad SMARTS) is 1. The average Bonchev–Trinajstić information content (AvgIpc) is 3.19. The molecule has 0 fully saturated rings. The first-order valence-electron chi connectivity index (χ1n) is 11.0. The van der Waals surface area contributed by atoms with E-state index in [1.54, 1.807) is 24.3 Å². The van der Waals surface area contributed by atoms with Gasteiger partial charge in [0.2, 0.25) is 17.7 Å². The Bertz CT molecular complexity index is 1060. The number of primary amides is 1. The number of fused-ring (bicyclic) bond motifs is 1. The van der Waals surface area contributed by atoms with Crippen molar-refractivity contribution in [2.45, 2.75) is 57.8 Å². The van der Waals surface area contributed by atoms with Crippen LogP contribution in [0.5, 0.6) is 0 Å². The summed E-state index contributed by atoms with van der Waals surface area (Å²) >= 11 is 0. The first kappa shape index (κ1) is 27.3. The smallest absolute Gasteiger partial charge is 0.305 e. The Balaban J connectivity index is 2.19. The van der Waals surface area contributed by atoms with Gasteiger partial charge in [0, 0.05) is 5.39 Å². The summed E-state index contributed by atoms with van der Waals surface area (Å²) in [5.41, 5.74) is 5.64. The average molecular weight is 491 g/mol. The van der Waals surface area contributed by atoms with Gasteiger partial charge in [-0.15, -0.1) is 0 Å². The van der Waals surface area contributed by atoms with E-state index >= 15 is 0 Å². The molecule has 0 unspecified atom stereocenters. The fourth-order valence-electron chi connectivity index (χ4n) is 3.37. The summed E-state index contributed by atoms with van der Waals surface area (Å²) in [5, 5.41) is 26.6. The van der Waals surface area contributed by atoms with Gasteiger partial charge in [-0.2, -0.15) is 0 Å². The number of aliphatic carboxylic acids is 1. The van der Waals surface area contributed by atoms with E-state index in [1.807, 2.05) is 13.8 Å². The molecule has 4 atom stereocenters. The molecule has 7 N–H and O–H groups in total. The highest BCUT2D eigenvalue weighted by atomic mass is 16.4. The van der Waals surface area contributed by atoms with E-state index in [9.17, 15) is 34.2 Å². The Morgan fingerprint density at radius 3 is 2.14 bits per heavy atom. The third kappa shape index (κ3) is 7.81. The summed E-state index contributed by atoms with van der Waals surface area (Å²) in [6.07, 6.45) is -1.99. The van der Waals surface area contributed by atoms with E-state index in [1.165, 1.54) is 13.0 Å². The first-order chi connectivity index (χ1) is 16.4. The quantitative estimate of drug-likeness (QED) is 0.236. The minimum absolute atomic E-state index is 0.0196. The summed E-state index contributed by atoms with van der Waals surface area (Å²) < 4.78 is 5.52. The van der Waals surface area contributed by atoms with Gasteiger partial charge in [0.25, 0.3) is 5.91 Å². The molecule has 0 radical (unpaired) electrons. The molecule has 2 aromatic rings. The van der Waals surface area contributed by atoms with Crippen molar-refractivity contribution in [1.82, 2.24) is 16.0 Å². The Kier molecular flexibility index (Phi) is 9.34. The molecule has 1 aromatic carbocycles. The predicted octanol–water partition coefficient (Wildman–Crippen LogP) is -0.112. The number of nitrogens with one attached hydrogen (secondary N) is 3. The van der Waals surface area contributed by atoms with Crippen molar-refractivity contribution in [3.8, 4) is 0 Å². The zero-order valence-electron chi connectivity index (χ0n) is 19.6. The van der Waals surface area contributed by atoms with Crippen LogP contribution in [0.3, 0.4) is 0 Å². The number of benzene rings is 1. The third-order valence-corrected chi connectivity index (χ3v) is 5.08. The van der Waals surface area contributed by atoms with Gasteiger partial charge in [-0.1, -0.05) is 32.0 Å². The van der Waals surface area contributed by atoms with Crippen molar-refractivity contribution in [3.63, 3.8) is 0 Å². The Morgan fingerprint density at radius 2 is 1.60 bits per heavy atom. The van der Waals surface area contributed by atoms with E-state index in [-0.39, 0.29) is 18.1 Å². The standard InChI is InChI=1S/C23H30N4O8/c1-11(2)8-14(26-23(34)17-9-13-6-4-5-7-16(13)35-17)21(32)25-15(10-18(29)30)22(33)27-19(12(3)28)20(24)31/h4-7,9,11-12,14-15,19,28H,8,10H2,1-3H3,(H2,24,31)(H,25,32)(H,26,34)(H,27,33)(H,29,30)/t12-,14+,15+,19+/m1/s1. The number of para-hydroxylation sites is 1. The van der Waals surface area contributed by atoms with Crippen LogP contribution in [0.25, 0.3) is 11.0 Å². The third-order valence-electron chi connectivity index (χ3n) is 5.08. The summed E-state index contributed by atoms with van der Waals surface area (Å²) in [5.74, 6) is -5.01. The summed E-state index contributed by atoms with van der Waals surface area (Å²) in [6.45, 7) is 4.84. The van der Waals surface area contributed by atoms with Crippen LogP contribution in [-0.4, -0.2) is 64.0 Å². The SMILES string of the molecule is CC(C)C[C@H](NC(=O)c1cc2ccccc2o1)C(=O)N[C@@H](CC(=O)O)C(=O)N[C@H](C(N)=O)[C@@H](C)O. The second kappa shape index (κ2) is 12.0. The Morgan fingerprint density at radius 1 is 0.971 bits per heavy atom. The second-order valence-corrected chi connectivity index (χ2v) is 8.59. The molecule has 0 aliphatic carbocycles. The van der Waals surface area contributed by atoms with Gasteiger partial charge in [0.1, 0.15) is 23.7 Å². The van der Waals surface area contributed by atoms with Crippen LogP contribution < -0.4 is 21.7 Å². The minimum atomic E-state index is -1.60. The van der Waals surface area contributed by atoms with Gasteiger partial charge in [0.05, 0.1) is 12.5 Å². The van der Waals surface area contributed by atoms with Crippen molar-refractivity contribution in [1.29, 1.82) is 0 Å². The molecule has 12 nitrogen and oxygen atoms in total. The lowest BCUT2D eigenvalue weighted by molar-refractivity contribution is -0.141. The molecule has 0 bridgehead atoms. The molecule has 1 heterocycles. The lowest BCUT2D eigenvalue weighted by Gasteiger charge is -2.25. The van der Waals surface area contributed by atoms with Gasteiger partial charge in [0.15, 0.2) is 5.76 Å². The maximum Gasteiger partial charge on any atom is 0.305 e. The number of rotatable bonds is 12. The maximum atomic E-state index is 13.0. The van der Waals surface area contributed by atoms with Gasteiger partial charge >= 0.3 is 5.97 Å². The number of hydrogen-bond donors (Lipinski definition) is 6. The molecule has 0 spiro atoms. The molecule has 0 aliphatic heterocycles. The fraction of sp³-hybridized carbons (Fsp3) is 0.435. The number of carbonyl (C=O) groups is 5. The molecule has 0 saturated carbocycles. The van der Waals surface area contributed by atoms with E-state index in [2.05, 4.69) is 16.0 Å². The molecule has 12 heteroatoms. The molecule has 1 aromatic heterocycles. The van der Waals surface area contributed by atoms with Gasteiger partial charge in [-0.25, -0.2) is 0 Å². The van der Waals surface area contributed by atoms with Crippen LogP contribution in [0.1, 0.15) is 44.2 Å². The van der Waals surface area contributed by atoms with Crippen molar-refractivity contribution < 1.29 is 38.6 Å². The molecule has 0 saturated heterocycles. The monoisotopic (exact) mass is 490 g/mol. The molecular weight excluding hydrogens is 460 g/mol. The normalized spacial score (nSPS) is 14.5. The Labute approximate surface area is 201 Å². The minimum Gasteiger partial charge on any atom is -0.481 e. The van der Waals surface area contributed by atoms with Gasteiger partial charge in [-0.05, 0) is 31.4 Å². The zero-order chi connectivity index (χ0) is 26.3. The maximum absolute atomic E-state index is 13.0. The summed E-state index contributed by atoms with van der Waals surface area (Å²) in [6, 6.07) is 4.29. The summed E-state index contributed by atoms with van der Waals surface area (Å²) in [7, 11) is 0. The van der Waals surface area contributed by atoms with E-state index in [0.717, 1.165) is 0 Å². The molecule has 190 valence electrons. The van der Waals surface area contributed by atoms with Crippen LogP contribution in [0.15, 0.2) is 34.7 Å². The number of nitrogens with two attached hydrogens (primary N) is 1. The topological polar surface area (TPSA) is 201 Å².